The summed E-state index contributed by atoms with van der Waals surface area (Å²) in [5.74, 6) is 0.723. The molecule has 0 aliphatic rings. The van der Waals surface area contributed by atoms with Gasteiger partial charge in [0.1, 0.15) is 0 Å². The molecular weight excluding hydrogens is 234 g/mol. The van der Waals surface area contributed by atoms with Gasteiger partial charge >= 0.3 is 0 Å². The molecule has 2 nitrogen and oxygen atoms in total. The van der Waals surface area contributed by atoms with Crippen LogP contribution < -0.4 is 5.32 Å². The number of hydrogen-bond acceptors (Lipinski definition) is 1. The number of rotatable bonds is 7. The monoisotopic (exact) mass is 261 g/mol. The minimum Gasteiger partial charge on any atom is -0.354 e. The van der Waals surface area contributed by atoms with Gasteiger partial charge in [-0.05, 0) is 36.8 Å². The maximum absolute atomic E-state index is 11.8. The first-order valence-corrected chi connectivity index (χ1v) is 7.41. The summed E-state index contributed by atoms with van der Waals surface area (Å²) in [4.78, 5) is 11.8. The predicted molar refractivity (Wildman–Crippen MR) is 81.4 cm³/mol. The topological polar surface area (TPSA) is 29.1 Å². The van der Waals surface area contributed by atoms with E-state index >= 15 is 0 Å². The van der Waals surface area contributed by atoms with E-state index in [0.717, 1.165) is 19.3 Å². The molecule has 1 N–H and O–H groups in total. The Labute approximate surface area is 117 Å². The van der Waals surface area contributed by atoms with Crippen LogP contribution in [0.25, 0.3) is 0 Å². The van der Waals surface area contributed by atoms with Crippen molar-refractivity contribution in [1.29, 1.82) is 0 Å². The Morgan fingerprint density at radius 3 is 2.32 bits per heavy atom. The molecule has 2 heteroatoms. The van der Waals surface area contributed by atoms with Gasteiger partial charge in [-0.15, -0.1) is 0 Å². The van der Waals surface area contributed by atoms with Gasteiger partial charge in [-0.2, -0.15) is 0 Å². The number of benzene rings is 1. The third-order valence-electron chi connectivity index (χ3n) is 3.42. The average molecular weight is 261 g/mol. The molecule has 0 saturated heterocycles. The van der Waals surface area contributed by atoms with Crippen LogP contribution in [-0.2, 0) is 11.2 Å². The van der Waals surface area contributed by atoms with Crippen molar-refractivity contribution < 1.29 is 4.79 Å². The van der Waals surface area contributed by atoms with Gasteiger partial charge in [-0.1, -0.05) is 51.5 Å². The van der Waals surface area contributed by atoms with Crippen LogP contribution in [0.2, 0.25) is 0 Å². The van der Waals surface area contributed by atoms with Crippen LogP contribution in [0.4, 0.5) is 0 Å². The first-order chi connectivity index (χ1) is 9.02. The summed E-state index contributed by atoms with van der Waals surface area (Å²) in [7, 11) is 0. The third-order valence-corrected chi connectivity index (χ3v) is 3.42. The Bertz CT molecular complexity index is 381. The summed E-state index contributed by atoms with van der Waals surface area (Å²) in [6, 6.07) is 8.89. The molecule has 1 atom stereocenters. The molecule has 0 heterocycles. The SMILES string of the molecule is CCC[C@H](C)NC(=O)CCc1ccc(C(C)C)cc1. The van der Waals surface area contributed by atoms with Crippen molar-refractivity contribution in [1.82, 2.24) is 5.32 Å². The average Bonchev–Trinajstić information content (AvgIpc) is 2.37. The maximum Gasteiger partial charge on any atom is 0.220 e. The van der Waals surface area contributed by atoms with E-state index in [-0.39, 0.29) is 5.91 Å². The van der Waals surface area contributed by atoms with E-state index < -0.39 is 0 Å². The maximum atomic E-state index is 11.8. The normalized spacial score (nSPS) is 12.5. The van der Waals surface area contributed by atoms with Crippen molar-refractivity contribution in [2.45, 2.75) is 65.3 Å². The Hall–Kier alpha value is -1.31. The lowest BCUT2D eigenvalue weighted by Gasteiger charge is -2.12. The Balaban J connectivity index is 2.37. The van der Waals surface area contributed by atoms with Gasteiger partial charge in [-0.25, -0.2) is 0 Å². The lowest BCUT2D eigenvalue weighted by Crippen LogP contribution is -2.32. The fourth-order valence-electron chi connectivity index (χ4n) is 2.18. The Morgan fingerprint density at radius 1 is 1.16 bits per heavy atom. The van der Waals surface area contributed by atoms with Gasteiger partial charge in [0.15, 0.2) is 0 Å². The van der Waals surface area contributed by atoms with Crippen LogP contribution in [-0.4, -0.2) is 11.9 Å². The molecule has 106 valence electrons. The molecule has 0 aliphatic carbocycles. The summed E-state index contributed by atoms with van der Waals surface area (Å²) >= 11 is 0. The molecule has 1 amide bonds. The van der Waals surface area contributed by atoms with Gasteiger partial charge in [0.05, 0.1) is 0 Å². The molecule has 0 radical (unpaired) electrons. The molecule has 1 aromatic carbocycles. The number of amides is 1. The highest BCUT2D eigenvalue weighted by atomic mass is 16.1. The van der Waals surface area contributed by atoms with Crippen molar-refractivity contribution in [3.05, 3.63) is 35.4 Å². The Morgan fingerprint density at radius 2 is 1.79 bits per heavy atom. The van der Waals surface area contributed by atoms with Gasteiger partial charge in [0, 0.05) is 12.5 Å². The zero-order chi connectivity index (χ0) is 14.3. The molecule has 0 saturated carbocycles. The molecule has 0 aromatic heterocycles. The number of carbonyl (C=O) groups is 1. The number of nitrogens with one attached hydrogen (secondary N) is 1. The van der Waals surface area contributed by atoms with E-state index in [1.807, 2.05) is 0 Å². The molecule has 0 fully saturated rings. The first-order valence-electron chi connectivity index (χ1n) is 7.41. The van der Waals surface area contributed by atoms with Crippen molar-refractivity contribution in [2.75, 3.05) is 0 Å². The first kappa shape index (κ1) is 15.7. The number of carbonyl (C=O) groups excluding carboxylic acids is 1. The molecule has 0 aliphatic heterocycles. The van der Waals surface area contributed by atoms with Crippen molar-refractivity contribution in [3.8, 4) is 0 Å². The van der Waals surface area contributed by atoms with Crippen LogP contribution in [0.3, 0.4) is 0 Å². The molecule has 0 unspecified atom stereocenters. The van der Waals surface area contributed by atoms with E-state index in [9.17, 15) is 4.79 Å². The smallest absolute Gasteiger partial charge is 0.220 e. The zero-order valence-electron chi connectivity index (χ0n) is 12.7. The fraction of sp³-hybridized carbons (Fsp3) is 0.588. The standard InChI is InChI=1S/C17H27NO/c1-5-6-14(4)18-17(19)12-9-15-7-10-16(11-8-15)13(2)3/h7-8,10-11,13-14H,5-6,9,12H2,1-4H3,(H,18,19)/t14-/m0/s1. The Kier molecular flexibility index (Phi) is 6.61. The van der Waals surface area contributed by atoms with E-state index in [1.165, 1.54) is 11.1 Å². The quantitative estimate of drug-likeness (QED) is 0.788. The second-order valence-electron chi connectivity index (χ2n) is 5.65. The highest BCUT2D eigenvalue weighted by Gasteiger charge is 2.07. The van der Waals surface area contributed by atoms with Crippen LogP contribution in [0.1, 0.15) is 64.0 Å². The van der Waals surface area contributed by atoms with Crippen LogP contribution in [0, 0.1) is 0 Å². The summed E-state index contributed by atoms with van der Waals surface area (Å²) in [6.07, 6.45) is 3.56. The second-order valence-corrected chi connectivity index (χ2v) is 5.65. The van der Waals surface area contributed by atoms with Gasteiger partial charge < -0.3 is 5.32 Å². The number of aryl methyl sites for hydroxylation is 1. The summed E-state index contributed by atoms with van der Waals surface area (Å²) in [6.45, 7) is 8.59. The lowest BCUT2D eigenvalue weighted by atomic mass is 10.0. The van der Waals surface area contributed by atoms with Gasteiger partial charge in [-0.3, -0.25) is 4.79 Å². The molecule has 0 bridgehead atoms. The number of hydrogen-bond donors (Lipinski definition) is 1. The predicted octanol–water partition coefficient (Wildman–Crippen LogP) is 4.05. The largest absolute Gasteiger partial charge is 0.354 e. The van der Waals surface area contributed by atoms with Crippen LogP contribution >= 0.6 is 0 Å². The lowest BCUT2D eigenvalue weighted by molar-refractivity contribution is -0.121. The van der Waals surface area contributed by atoms with Gasteiger partial charge in [0.2, 0.25) is 5.91 Å². The minimum absolute atomic E-state index is 0.161. The fourth-order valence-corrected chi connectivity index (χ4v) is 2.18. The third kappa shape index (κ3) is 5.91. The molecule has 19 heavy (non-hydrogen) atoms. The minimum atomic E-state index is 0.161. The highest BCUT2D eigenvalue weighted by molar-refractivity contribution is 5.76. The zero-order valence-corrected chi connectivity index (χ0v) is 12.7. The van der Waals surface area contributed by atoms with E-state index in [4.69, 9.17) is 0 Å². The molecule has 1 rings (SSSR count). The van der Waals surface area contributed by atoms with Crippen LogP contribution in [0.15, 0.2) is 24.3 Å². The summed E-state index contributed by atoms with van der Waals surface area (Å²) in [5, 5.41) is 3.04. The molecular formula is C17H27NO. The van der Waals surface area contributed by atoms with Gasteiger partial charge in [0.25, 0.3) is 0 Å². The van der Waals surface area contributed by atoms with E-state index in [0.29, 0.717) is 18.4 Å². The van der Waals surface area contributed by atoms with Crippen molar-refractivity contribution in [2.24, 2.45) is 0 Å². The summed E-state index contributed by atoms with van der Waals surface area (Å²) in [5.41, 5.74) is 2.59. The van der Waals surface area contributed by atoms with E-state index in [1.54, 1.807) is 0 Å². The van der Waals surface area contributed by atoms with Crippen molar-refractivity contribution >= 4 is 5.91 Å². The summed E-state index contributed by atoms with van der Waals surface area (Å²) < 4.78 is 0. The van der Waals surface area contributed by atoms with E-state index in [2.05, 4.69) is 57.3 Å². The highest BCUT2D eigenvalue weighted by Crippen LogP contribution is 2.15. The second kappa shape index (κ2) is 7.98. The van der Waals surface area contributed by atoms with Crippen molar-refractivity contribution in [3.63, 3.8) is 0 Å². The van der Waals surface area contributed by atoms with Crippen LogP contribution in [0.5, 0.6) is 0 Å². The molecule has 1 aromatic rings. The molecule has 0 spiro atoms.